The molecule has 5 heteroatoms. The van der Waals surface area contributed by atoms with Gasteiger partial charge in [-0.15, -0.1) is 0 Å². The highest BCUT2D eigenvalue weighted by Gasteiger charge is 2.08. The molecule has 0 aliphatic rings. The minimum Gasteiger partial charge on any atom is -0.314 e. The number of hydroxylamine groups is 2. The smallest absolute Gasteiger partial charge is 0.140 e. The Kier molecular flexibility index (Phi) is 3.35. The van der Waals surface area contributed by atoms with Gasteiger partial charge in [-0.25, -0.2) is 8.78 Å². The first kappa shape index (κ1) is 10.6. The Balaban J connectivity index is 2.99. The number of hydrogen-bond acceptors (Lipinski definition) is 2. The molecule has 1 aromatic rings. The number of rotatable bonds is 2. The number of nitrogens with zero attached hydrogens (tertiary/aromatic N) is 1. The monoisotopic (exact) mass is 251 g/mol. The van der Waals surface area contributed by atoms with E-state index in [-0.39, 0.29) is 11.0 Å². The van der Waals surface area contributed by atoms with Crippen LogP contribution < -0.4 is 0 Å². The maximum atomic E-state index is 12.9. The van der Waals surface area contributed by atoms with Crippen molar-refractivity contribution in [3.05, 3.63) is 33.8 Å². The van der Waals surface area contributed by atoms with E-state index in [0.29, 0.717) is 5.56 Å². The van der Waals surface area contributed by atoms with Gasteiger partial charge in [0.2, 0.25) is 0 Å². The Morgan fingerprint density at radius 2 is 1.85 bits per heavy atom. The molecule has 0 amide bonds. The summed E-state index contributed by atoms with van der Waals surface area (Å²) >= 11 is 2.75. The molecule has 72 valence electrons. The number of benzene rings is 1. The predicted molar refractivity (Wildman–Crippen MR) is 47.3 cm³/mol. The fourth-order valence-corrected chi connectivity index (χ4v) is 1.19. The van der Waals surface area contributed by atoms with E-state index in [1.54, 1.807) is 0 Å². The average molecular weight is 252 g/mol. The molecule has 0 unspecified atom stereocenters. The van der Waals surface area contributed by atoms with Gasteiger partial charge < -0.3 is 5.21 Å². The predicted octanol–water partition coefficient (Wildman–Crippen LogP) is 2.55. The van der Waals surface area contributed by atoms with E-state index in [0.717, 1.165) is 5.06 Å². The molecule has 13 heavy (non-hydrogen) atoms. The summed E-state index contributed by atoms with van der Waals surface area (Å²) in [6.07, 6.45) is 0. The van der Waals surface area contributed by atoms with Crippen LogP contribution in [0.3, 0.4) is 0 Å². The van der Waals surface area contributed by atoms with E-state index < -0.39 is 11.6 Å². The van der Waals surface area contributed by atoms with Gasteiger partial charge in [0.15, 0.2) is 0 Å². The minimum atomic E-state index is -0.670. The van der Waals surface area contributed by atoms with Crippen LogP contribution in [-0.4, -0.2) is 17.3 Å². The summed E-state index contributed by atoms with van der Waals surface area (Å²) in [7, 11) is 1.40. The van der Waals surface area contributed by atoms with Crippen LogP contribution in [0.2, 0.25) is 0 Å². The molecule has 0 bridgehead atoms. The van der Waals surface area contributed by atoms with Crippen LogP contribution in [0.1, 0.15) is 5.56 Å². The van der Waals surface area contributed by atoms with Gasteiger partial charge in [-0.05, 0) is 33.6 Å². The van der Waals surface area contributed by atoms with Crippen LogP contribution in [-0.2, 0) is 6.54 Å². The Morgan fingerprint density at radius 1 is 1.38 bits per heavy atom. The van der Waals surface area contributed by atoms with Gasteiger partial charge in [0, 0.05) is 13.6 Å². The summed E-state index contributed by atoms with van der Waals surface area (Å²) in [5.74, 6) is -1.34. The average Bonchev–Trinajstić information content (AvgIpc) is 1.98. The summed E-state index contributed by atoms with van der Waals surface area (Å²) in [5, 5.41) is 9.68. The molecule has 1 aromatic carbocycles. The van der Waals surface area contributed by atoms with E-state index >= 15 is 0 Å². The van der Waals surface area contributed by atoms with Gasteiger partial charge in [0.25, 0.3) is 0 Å². The maximum Gasteiger partial charge on any atom is 0.140 e. The van der Waals surface area contributed by atoms with Crippen LogP contribution in [0.15, 0.2) is 16.6 Å². The highest BCUT2D eigenvalue weighted by Crippen LogP contribution is 2.21. The molecule has 2 nitrogen and oxygen atoms in total. The van der Waals surface area contributed by atoms with Gasteiger partial charge in [-0.2, -0.15) is 5.06 Å². The zero-order valence-corrected chi connectivity index (χ0v) is 8.48. The van der Waals surface area contributed by atoms with Crippen molar-refractivity contribution in [3.63, 3.8) is 0 Å². The molecular weight excluding hydrogens is 244 g/mol. The van der Waals surface area contributed by atoms with Gasteiger partial charge in [-0.1, -0.05) is 0 Å². The standard InChI is InChI=1S/C8H8BrF2NO/c1-12(13)4-5-2-6(10)8(9)7(11)3-5/h2-3,13H,4H2,1H3. The first-order valence-corrected chi connectivity index (χ1v) is 4.33. The van der Waals surface area contributed by atoms with Gasteiger partial charge in [0.05, 0.1) is 4.47 Å². The first-order valence-electron chi connectivity index (χ1n) is 3.54. The molecule has 0 spiro atoms. The van der Waals surface area contributed by atoms with E-state index in [2.05, 4.69) is 15.9 Å². The lowest BCUT2D eigenvalue weighted by molar-refractivity contribution is -0.0732. The molecule has 0 saturated carbocycles. The van der Waals surface area contributed by atoms with Crippen molar-refractivity contribution in [3.8, 4) is 0 Å². The quantitative estimate of drug-likeness (QED) is 0.645. The van der Waals surface area contributed by atoms with Crippen LogP contribution in [0.5, 0.6) is 0 Å². The van der Waals surface area contributed by atoms with Crippen molar-refractivity contribution in [1.82, 2.24) is 5.06 Å². The Bertz CT molecular complexity index is 294. The van der Waals surface area contributed by atoms with Crippen molar-refractivity contribution in [2.45, 2.75) is 6.54 Å². The highest BCUT2D eigenvalue weighted by molar-refractivity contribution is 9.10. The molecule has 1 rings (SSSR count). The van der Waals surface area contributed by atoms with E-state index in [9.17, 15) is 8.78 Å². The molecule has 0 atom stereocenters. The highest BCUT2D eigenvalue weighted by atomic mass is 79.9. The summed E-state index contributed by atoms with van der Waals surface area (Å²) in [5.41, 5.74) is 0.378. The van der Waals surface area contributed by atoms with Crippen LogP contribution in [0.25, 0.3) is 0 Å². The molecule has 0 fully saturated rings. The lowest BCUT2D eigenvalue weighted by Crippen LogP contribution is -2.12. The van der Waals surface area contributed by atoms with Crippen molar-refractivity contribution in [2.24, 2.45) is 0 Å². The Hall–Kier alpha value is -0.520. The number of hydrogen-bond donors (Lipinski definition) is 1. The molecule has 0 aliphatic heterocycles. The molecular formula is C8H8BrF2NO. The van der Waals surface area contributed by atoms with Gasteiger partial charge >= 0.3 is 0 Å². The summed E-state index contributed by atoms with van der Waals surface area (Å²) in [4.78, 5) is 0. The fraction of sp³-hybridized carbons (Fsp3) is 0.250. The first-order chi connectivity index (χ1) is 6.00. The van der Waals surface area contributed by atoms with Gasteiger partial charge in [0.1, 0.15) is 11.6 Å². The second-order valence-electron chi connectivity index (χ2n) is 2.69. The Labute approximate surface area is 82.9 Å². The molecule has 1 N–H and O–H groups in total. The molecule has 0 heterocycles. The van der Waals surface area contributed by atoms with Crippen LogP contribution >= 0.6 is 15.9 Å². The van der Waals surface area contributed by atoms with Gasteiger partial charge in [-0.3, -0.25) is 0 Å². The van der Waals surface area contributed by atoms with Crippen LogP contribution in [0, 0.1) is 11.6 Å². The summed E-state index contributed by atoms with van der Waals surface area (Å²) in [6, 6.07) is 2.33. The molecule has 0 aliphatic carbocycles. The van der Waals surface area contributed by atoms with Crippen molar-refractivity contribution < 1.29 is 14.0 Å². The number of halogens is 3. The van der Waals surface area contributed by atoms with E-state index in [1.807, 2.05) is 0 Å². The SMILES string of the molecule is CN(O)Cc1cc(F)c(Br)c(F)c1. The lowest BCUT2D eigenvalue weighted by atomic mass is 10.2. The Morgan fingerprint density at radius 3 is 2.23 bits per heavy atom. The largest absolute Gasteiger partial charge is 0.314 e. The van der Waals surface area contributed by atoms with E-state index in [1.165, 1.54) is 19.2 Å². The maximum absolute atomic E-state index is 12.9. The topological polar surface area (TPSA) is 23.5 Å². The zero-order chi connectivity index (χ0) is 10.0. The second kappa shape index (κ2) is 4.13. The molecule has 0 saturated heterocycles. The van der Waals surface area contributed by atoms with Crippen LogP contribution in [0.4, 0.5) is 8.78 Å². The zero-order valence-electron chi connectivity index (χ0n) is 6.89. The van der Waals surface area contributed by atoms with Crippen molar-refractivity contribution in [1.29, 1.82) is 0 Å². The normalized spacial score (nSPS) is 10.9. The molecule has 0 radical (unpaired) electrons. The summed E-state index contributed by atoms with van der Waals surface area (Å²) in [6.45, 7) is 0.0844. The fourth-order valence-electron chi connectivity index (χ4n) is 0.964. The van der Waals surface area contributed by atoms with Crippen molar-refractivity contribution >= 4 is 15.9 Å². The summed E-state index contributed by atoms with van der Waals surface area (Å²) < 4.78 is 25.6. The van der Waals surface area contributed by atoms with Crippen molar-refractivity contribution in [2.75, 3.05) is 7.05 Å². The third-order valence-electron chi connectivity index (χ3n) is 1.46. The lowest BCUT2D eigenvalue weighted by Gasteiger charge is -2.08. The second-order valence-corrected chi connectivity index (χ2v) is 3.48. The minimum absolute atomic E-state index is 0.0844. The van der Waals surface area contributed by atoms with E-state index in [4.69, 9.17) is 5.21 Å². The third kappa shape index (κ3) is 2.72. The molecule has 0 aromatic heterocycles. The third-order valence-corrected chi connectivity index (χ3v) is 2.21.